The molecule has 6 nitrogen and oxygen atoms in total. The Kier molecular flexibility index (Phi) is 5.36. The molecule has 2 aliphatic rings. The number of carbonyl (C=O) groups excluding carboxylic acids is 3. The normalized spacial score (nSPS) is 22.8. The Morgan fingerprint density at radius 2 is 1.40 bits per heavy atom. The van der Waals surface area contributed by atoms with Crippen molar-refractivity contribution in [1.82, 2.24) is 5.32 Å². The minimum Gasteiger partial charge on any atom is -0.353 e. The Morgan fingerprint density at radius 1 is 0.840 bits per heavy atom. The summed E-state index contributed by atoms with van der Waals surface area (Å²) in [5, 5.41) is 8.61. The van der Waals surface area contributed by atoms with Crippen LogP contribution in [0.25, 0.3) is 0 Å². The minimum absolute atomic E-state index is 0.0213. The van der Waals surface area contributed by atoms with Gasteiger partial charge in [0.25, 0.3) is 0 Å². The zero-order valence-corrected chi connectivity index (χ0v) is 14.5. The number of carbonyl (C=O) groups is 3. The third-order valence-electron chi connectivity index (χ3n) is 4.89. The van der Waals surface area contributed by atoms with Crippen molar-refractivity contribution >= 4 is 29.1 Å². The monoisotopic (exact) mass is 343 g/mol. The van der Waals surface area contributed by atoms with E-state index in [4.69, 9.17) is 0 Å². The topological polar surface area (TPSA) is 87.3 Å². The second-order valence-electron chi connectivity index (χ2n) is 7.04. The van der Waals surface area contributed by atoms with Gasteiger partial charge in [-0.1, -0.05) is 19.3 Å². The second-order valence-corrected chi connectivity index (χ2v) is 7.04. The number of benzene rings is 1. The van der Waals surface area contributed by atoms with Crippen molar-refractivity contribution in [3.05, 3.63) is 24.3 Å². The van der Waals surface area contributed by atoms with Crippen molar-refractivity contribution in [2.75, 3.05) is 10.6 Å². The van der Waals surface area contributed by atoms with Gasteiger partial charge in [0.1, 0.15) is 0 Å². The van der Waals surface area contributed by atoms with E-state index in [1.165, 1.54) is 26.2 Å². The molecule has 0 heterocycles. The largest absolute Gasteiger partial charge is 0.353 e. The lowest BCUT2D eigenvalue weighted by Crippen LogP contribution is -2.37. The van der Waals surface area contributed by atoms with E-state index in [1.54, 1.807) is 24.3 Å². The van der Waals surface area contributed by atoms with Crippen LogP contribution in [0.15, 0.2) is 24.3 Å². The van der Waals surface area contributed by atoms with Crippen LogP contribution in [-0.4, -0.2) is 23.8 Å². The molecule has 25 heavy (non-hydrogen) atoms. The fourth-order valence-corrected chi connectivity index (χ4v) is 3.40. The second kappa shape index (κ2) is 7.68. The maximum atomic E-state index is 12.3. The quantitative estimate of drug-likeness (QED) is 0.768. The van der Waals surface area contributed by atoms with Crippen LogP contribution in [0.1, 0.15) is 45.4 Å². The van der Waals surface area contributed by atoms with Gasteiger partial charge in [0, 0.05) is 24.3 Å². The summed E-state index contributed by atoms with van der Waals surface area (Å²) in [6.07, 6.45) is 6.32. The van der Waals surface area contributed by atoms with Crippen molar-refractivity contribution in [2.45, 2.75) is 51.5 Å². The fraction of sp³-hybridized carbons (Fsp3) is 0.526. The van der Waals surface area contributed by atoms with Crippen LogP contribution in [0.3, 0.4) is 0 Å². The highest BCUT2D eigenvalue weighted by atomic mass is 16.2. The van der Waals surface area contributed by atoms with Gasteiger partial charge in [0.2, 0.25) is 17.7 Å². The first-order valence-electron chi connectivity index (χ1n) is 9.02. The van der Waals surface area contributed by atoms with Crippen molar-refractivity contribution in [1.29, 1.82) is 0 Å². The van der Waals surface area contributed by atoms with E-state index in [0.717, 1.165) is 12.8 Å². The molecule has 0 bridgehead atoms. The van der Waals surface area contributed by atoms with Gasteiger partial charge in [0.15, 0.2) is 0 Å². The lowest BCUT2D eigenvalue weighted by molar-refractivity contribution is -0.126. The molecule has 2 atom stereocenters. The molecule has 0 aromatic heterocycles. The highest BCUT2D eigenvalue weighted by molar-refractivity contribution is 5.99. The van der Waals surface area contributed by atoms with Crippen LogP contribution < -0.4 is 16.0 Å². The summed E-state index contributed by atoms with van der Waals surface area (Å²) >= 11 is 0. The molecule has 2 unspecified atom stereocenters. The van der Waals surface area contributed by atoms with Crippen molar-refractivity contribution < 1.29 is 14.4 Å². The molecule has 134 valence electrons. The van der Waals surface area contributed by atoms with Crippen molar-refractivity contribution in [3.8, 4) is 0 Å². The first-order valence-corrected chi connectivity index (χ1v) is 9.02. The number of nitrogens with one attached hydrogen (secondary N) is 3. The predicted octanol–water partition coefficient (Wildman–Crippen LogP) is 2.67. The highest BCUT2D eigenvalue weighted by Gasteiger charge is 2.48. The highest BCUT2D eigenvalue weighted by Crippen LogP contribution is 2.40. The van der Waals surface area contributed by atoms with E-state index in [0.29, 0.717) is 17.8 Å². The predicted molar refractivity (Wildman–Crippen MR) is 96.0 cm³/mol. The molecule has 2 saturated carbocycles. The zero-order chi connectivity index (χ0) is 17.8. The number of hydrogen-bond acceptors (Lipinski definition) is 3. The Hall–Kier alpha value is -2.37. The van der Waals surface area contributed by atoms with E-state index in [1.807, 2.05) is 0 Å². The van der Waals surface area contributed by atoms with E-state index in [2.05, 4.69) is 16.0 Å². The molecular weight excluding hydrogens is 318 g/mol. The van der Waals surface area contributed by atoms with Crippen LogP contribution in [0.4, 0.5) is 11.4 Å². The van der Waals surface area contributed by atoms with Gasteiger partial charge in [-0.3, -0.25) is 14.4 Å². The zero-order valence-electron chi connectivity index (χ0n) is 14.5. The molecule has 1 aromatic rings. The minimum atomic E-state index is -0.237. The Balaban J connectivity index is 1.46. The van der Waals surface area contributed by atoms with Crippen LogP contribution in [-0.2, 0) is 14.4 Å². The van der Waals surface area contributed by atoms with Gasteiger partial charge < -0.3 is 16.0 Å². The number of rotatable bonds is 5. The van der Waals surface area contributed by atoms with E-state index >= 15 is 0 Å². The average Bonchev–Trinajstić information content (AvgIpc) is 3.38. The molecule has 3 amide bonds. The van der Waals surface area contributed by atoms with Crippen molar-refractivity contribution in [3.63, 3.8) is 0 Å². The molecular formula is C19H25N3O3. The van der Waals surface area contributed by atoms with Gasteiger partial charge in [-0.25, -0.2) is 0 Å². The van der Waals surface area contributed by atoms with Gasteiger partial charge >= 0.3 is 0 Å². The third-order valence-corrected chi connectivity index (χ3v) is 4.89. The summed E-state index contributed by atoms with van der Waals surface area (Å²) in [5.74, 6) is -0.662. The molecule has 0 aliphatic heterocycles. The average molecular weight is 343 g/mol. The molecule has 0 spiro atoms. The smallest absolute Gasteiger partial charge is 0.228 e. The fourth-order valence-electron chi connectivity index (χ4n) is 3.40. The lowest BCUT2D eigenvalue weighted by Gasteiger charge is -2.22. The van der Waals surface area contributed by atoms with Gasteiger partial charge in [-0.15, -0.1) is 0 Å². The van der Waals surface area contributed by atoms with Crippen LogP contribution in [0.5, 0.6) is 0 Å². The summed E-state index contributed by atoms with van der Waals surface area (Å²) in [6, 6.07) is 7.23. The maximum absolute atomic E-state index is 12.3. The molecule has 1 aromatic carbocycles. The molecule has 3 rings (SSSR count). The lowest BCUT2D eigenvalue weighted by atomic mass is 9.95. The first kappa shape index (κ1) is 17.5. The molecule has 2 fully saturated rings. The SMILES string of the molecule is CC(=O)Nc1ccc(NC(=O)C2CC2C(=O)NC2CCCCC2)cc1. The van der Waals surface area contributed by atoms with Crippen LogP contribution in [0, 0.1) is 11.8 Å². The Bertz CT molecular complexity index is 650. The van der Waals surface area contributed by atoms with E-state index < -0.39 is 0 Å². The first-order chi connectivity index (χ1) is 12.0. The molecule has 0 saturated heterocycles. The molecule has 3 N–H and O–H groups in total. The number of hydrogen-bond donors (Lipinski definition) is 3. The van der Waals surface area contributed by atoms with Gasteiger partial charge in [0.05, 0.1) is 11.8 Å². The third kappa shape index (κ3) is 4.81. The number of anilines is 2. The number of amides is 3. The van der Waals surface area contributed by atoms with Crippen molar-refractivity contribution in [2.24, 2.45) is 11.8 Å². The molecule has 6 heteroatoms. The molecule has 0 radical (unpaired) electrons. The summed E-state index contributed by atoms with van der Waals surface area (Å²) < 4.78 is 0. The van der Waals surface area contributed by atoms with E-state index in [-0.39, 0.29) is 35.6 Å². The summed E-state index contributed by atoms with van der Waals surface area (Å²) in [6.45, 7) is 1.45. The van der Waals surface area contributed by atoms with Crippen LogP contribution >= 0.6 is 0 Å². The summed E-state index contributed by atoms with van der Waals surface area (Å²) in [7, 11) is 0. The Labute approximate surface area is 147 Å². The Morgan fingerprint density at radius 3 is 2.00 bits per heavy atom. The van der Waals surface area contributed by atoms with E-state index in [9.17, 15) is 14.4 Å². The van der Waals surface area contributed by atoms with Crippen LogP contribution in [0.2, 0.25) is 0 Å². The molecule has 2 aliphatic carbocycles. The summed E-state index contributed by atoms with van der Waals surface area (Å²) in [5.41, 5.74) is 1.35. The summed E-state index contributed by atoms with van der Waals surface area (Å²) in [4.78, 5) is 35.5. The maximum Gasteiger partial charge on any atom is 0.228 e. The van der Waals surface area contributed by atoms with Gasteiger partial charge in [-0.2, -0.15) is 0 Å². The standard InChI is InChI=1S/C19H25N3O3/c1-12(23)20-14-7-9-15(10-8-14)22-19(25)17-11-16(17)18(24)21-13-5-3-2-4-6-13/h7-10,13,16-17H,2-6,11H2,1H3,(H,20,23)(H,21,24)(H,22,25). The van der Waals surface area contributed by atoms with Gasteiger partial charge in [-0.05, 0) is 43.5 Å².